The van der Waals surface area contributed by atoms with Crippen LogP contribution in [0.3, 0.4) is 0 Å². The molecule has 118 valence electrons. The molecule has 1 aromatic carbocycles. The van der Waals surface area contributed by atoms with Crippen molar-refractivity contribution >= 4 is 11.9 Å². The smallest absolute Gasteiger partial charge is 0.217 e. The molecule has 1 aliphatic heterocycles. The topological polar surface area (TPSA) is 118 Å². The van der Waals surface area contributed by atoms with Crippen molar-refractivity contribution in [1.29, 1.82) is 0 Å². The molecule has 0 radical (unpaired) electrons. The Bertz CT molecular complexity index is 628. The lowest BCUT2D eigenvalue weighted by atomic mass is 9.97. The van der Waals surface area contributed by atoms with Gasteiger partial charge in [-0.05, 0) is 36.8 Å². The van der Waals surface area contributed by atoms with Gasteiger partial charge in [0, 0.05) is 18.5 Å². The van der Waals surface area contributed by atoms with Crippen LogP contribution >= 0.6 is 0 Å². The number of nitrogens with zero attached hydrogens (tertiary/aromatic N) is 1. The average Bonchev–Trinajstić information content (AvgIpc) is 2.70. The van der Waals surface area contributed by atoms with Crippen LogP contribution in [0, 0.1) is 0 Å². The zero-order valence-corrected chi connectivity index (χ0v) is 12.6. The normalized spacial score (nSPS) is 27.4. The van der Waals surface area contributed by atoms with Crippen molar-refractivity contribution in [1.82, 2.24) is 16.2 Å². The molecule has 22 heavy (non-hydrogen) atoms. The molecule has 0 fully saturated rings. The highest BCUT2D eigenvalue weighted by atomic mass is 16.1. The lowest BCUT2D eigenvalue weighted by Crippen LogP contribution is -2.50. The van der Waals surface area contributed by atoms with E-state index in [1.807, 2.05) is 6.07 Å². The van der Waals surface area contributed by atoms with E-state index in [1.54, 1.807) is 6.92 Å². The first-order chi connectivity index (χ1) is 10.5. The monoisotopic (exact) mass is 302 g/mol. The van der Waals surface area contributed by atoms with Crippen molar-refractivity contribution in [2.75, 3.05) is 0 Å². The number of benzene rings is 1. The minimum atomic E-state index is -1.03. The highest BCUT2D eigenvalue weighted by Gasteiger charge is 2.32. The summed E-state index contributed by atoms with van der Waals surface area (Å²) in [6.45, 7) is 1.56. The predicted molar refractivity (Wildman–Crippen MR) is 84.4 cm³/mol. The number of hydrazine groups is 1. The zero-order valence-electron chi connectivity index (χ0n) is 12.6. The largest absolute Gasteiger partial charge is 0.369 e. The number of carbonyl (C=O) groups is 1. The van der Waals surface area contributed by atoms with Crippen LogP contribution in [0.25, 0.3) is 0 Å². The Balaban J connectivity index is 1.81. The van der Waals surface area contributed by atoms with E-state index in [1.165, 1.54) is 11.1 Å². The molecule has 1 amide bonds. The fraction of sp³-hybridized carbons (Fsp3) is 0.467. The molecule has 0 saturated heterocycles. The van der Waals surface area contributed by atoms with Crippen LogP contribution in [0.1, 0.15) is 36.5 Å². The number of hydrogen-bond acceptors (Lipinski definition) is 6. The highest BCUT2D eigenvalue weighted by Crippen LogP contribution is 2.26. The van der Waals surface area contributed by atoms with Crippen LogP contribution in [0.4, 0.5) is 0 Å². The van der Waals surface area contributed by atoms with Gasteiger partial charge in [-0.2, -0.15) is 5.43 Å². The van der Waals surface area contributed by atoms with Gasteiger partial charge in [-0.3, -0.25) is 16.0 Å². The van der Waals surface area contributed by atoms with Crippen LogP contribution in [0.2, 0.25) is 0 Å². The van der Waals surface area contributed by atoms with E-state index in [9.17, 15) is 4.79 Å². The molecule has 0 bridgehead atoms. The van der Waals surface area contributed by atoms with Crippen LogP contribution < -0.4 is 27.6 Å². The molecule has 0 saturated carbocycles. The van der Waals surface area contributed by atoms with Gasteiger partial charge < -0.3 is 11.1 Å². The van der Waals surface area contributed by atoms with Gasteiger partial charge in [-0.25, -0.2) is 4.99 Å². The number of hydrogen-bond donors (Lipinski definition) is 5. The molecular formula is C15H22N6O. The third-order valence-corrected chi connectivity index (χ3v) is 4.26. The lowest BCUT2D eigenvalue weighted by molar-refractivity contribution is -0.119. The molecule has 7 N–H and O–H groups in total. The number of guanidine groups is 1. The number of fused-ring (bicyclic) bond motifs is 1. The molecule has 1 heterocycles. The number of rotatable bonds is 2. The minimum absolute atomic E-state index is 0.0311. The Morgan fingerprint density at radius 2 is 2.09 bits per heavy atom. The van der Waals surface area contributed by atoms with E-state index in [-0.39, 0.29) is 17.9 Å². The summed E-state index contributed by atoms with van der Waals surface area (Å²) in [4.78, 5) is 15.4. The second-order valence-electron chi connectivity index (χ2n) is 5.97. The third-order valence-electron chi connectivity index (χ3n) is 4.26. The molecule has 2 atom stereocenters. The number of nitrogens with two attached hydrogens (primary N) is 2. The highest BCUT2D eigenvalue weighted by molar-refractivity contribution is 5.79. The predicted octanol–water partition coefficient (Wildman–Crippen LogP) is -0.438. The van der Waals surface area contributed by atoms with Crippen molar-refractivity contribution in [3.05, 3.63) is 34.9 Å². The zero-order chi connectivity index (χ0) is 15.7. The molecule has 0 aromatic heterocycles. The quantitative estimate of drug-likeness (QED) is 0.475. The average molecular weight is 302 g/mol. The van der Waals surface area contributed by atoms with E-state index in [0.29, 0.717) is 0 Å². The number of carbonyl (C=O) groups excluding carboxylic acids is 1. The van der Waals surface area contributed by atoms with Crippen molar-refractivity contribution in [3.8, 4) is 0 Å². The second kappa shape index (κ2) is 5.58. The summed E-state index contributed by atoms with van der Waals surface area (Å²) in [7, 11) is 0. The van der Waals surface area contributed by atoms with Crippen LogP contribution in [0.15, 0.2) is 23.2 Å². The lowest BCUT2D eigenvalue weighted by Gasteiger charge is -2.22. The molecule has 1 aliphatic carbocycles. The van der Waals surface area contributed by atoms with Gasteiger partial charge in [0.15, 0.2) is 0 Å². The molecule has 7 nitrogen and oxygen atoms in total. The first-order valence-electron chi connectivity index (χ1n) is 7.53. The van der Waals surface area contributed by atoms with Gasteiger partial charge >= 0.3 is 0 Å². The van der Waals surface area contributed by atoms with E-state index in [2.05, 4.69) is 33.3 Å². The maximum Gasteiger partial charge on any atom is 0.217 e. The summed E-state index contributed by atoms with van der Waals surface area (Å²) in [6, 6.07) is 6.40. The van der Waals surface area contributed by atoms with Gasteiger partial charge in [-0.15, -0.1) is 0 Å². The van der Waals surface area contributed by atoms with Gasteiger partial charge in [-0.1, -0.05) is 18.2 Å². The second-order valence-corrected chi connectivity index (χ2v) is 5.97. The number of nitrogens with one attached hydrogen (secondary N) is 3. The Hall–Kier alpha value is -2.12. The summed E-state index contributed by atoms with van der Waals surface area (Å²) in [5.41, 5.74) is 20.9. The number of amides is 1. The SMILES string of the molecule is CC(=O)NC1CCc2ccc(C3(N)N=C(N)NN3)cc2CC1. The Labute approximate surface area is 129 Å². The van der Waals surface area contributed by atoms with Crippen molar-refractivity contribution in [2.45, 2.75) is 44.4 Å². The van der Waals surface area contributed by atoms with E-state index in [0.717, 1.165) is 31.2 Å². The third kappa shape index (κ3) is 2.90. The van der Waals surface area contributed by atoms with Crippen LogP contribution in [0.5, 0.6) is 0 Å². The maximum atomic E-state index is 11.2. The van der Waals surface area contributed by atoms with Crippen LogP contribution in [-0.4, -0.2) is 17.9 Å². The van der Waals surface area contributed by atoms with Gasteiger partial charge in [0.2, 0.25) is 17.7 Å². The first kappa shape index (κ1) is 14.8. The summed E-state index contributed by atoms with van der Waals surface area (Å²) >= 11 is 0. The van der Waals surface area contributed by atoms with Gasteiger partial charge in [0.25, 0.3) is 0 Å². The standard InChI is InChI=1S/C15H22N6O/c1-9(22)18-13-6-3-10-2-5-12(8-11(10)4-7-13)15(17)19-14(16)20-21-15/h2,5,8,13,21H,3-4,6-7,17H2,1H3,(H,18,22)(H3,16,19,20). The fourth-order valence-corrected chi connectivity index (χ4v) is 3.12. The Morgan fingerprint density at radius 3 is 2.73 bits per heavy atom. The van der Waals surface area contributed by atoms with Crippen molar-refractivity contribution in [2.24, 2.45) is 16.5 Å². The van der Waals surface area contributed by atoms with E-state index in [4.69, 9.17) is 11.5 Å². The number of aryl methyl sites for hydroxylation is 2. The van der Waals surface area contributed by atoms with E-state index < -0.39 is 5.79 Å². The van der Waals surface area contributed by atoms with Crippen LogP contribution in [-0.2, 0) is 23.4 Å². The Kier molecular flexibility index (Phi) is 3.76. The first-order valence-corrected chi connectivity index (χ1v) is 7.53. The Morgan fingerprint density at radius 1 is 1.36 bits per heavy atom. The summed E-state index contributed by atoms with van der Waals surface area (Å²) in [5, 5.41) is 3.02. The number of aliphatic imine (C=N–C) groups is 1. The van der Waals surface area contributed by atoms with E-state index >= 15 is 0 Å². The molecule has 0 spiro atoms. The molecule has 2 aliphatic rings. The summed E-state index contributed by atoms with van der Waals surface area (Å²) in [6.07, 6.45) is 3.77. The molecule has 2 unspecified atom stereocenters. The fourth-order valence-electron chi connectivity index (χ4n) is 3.12. The van der Waals surface area contributed by atoms with Gasteiger partial charge in [0.1, 0.15) is 0 Å². The van der Waals surface area contributed by atoms with Gasteiger partial charge in [0.05, 0.1) is 0 Å². The molecular weight excluding hydrogens is 280 g/mol. The van der Waals surface area contributed by atoms with Crippen molar-refractivity contribution in [3.63, 3.8) is 0 Å². The minimum Gasteiger partial charge on any atom is -0.369 e. The maximum absolute atomic E-state index is 11.2. The van der Waals surface area contributed by atoms with Crippen molar-refractivity contribution < 1.29 is 4.79 Å². The molecule has 3 rings (SSSR count). The summed E-state index contributed by atoms with van der Waals surface area (Å²) < 4.78 is 0. The molecule has 1 aromatic rings. The summed E-state index contributed by atoms with van der Waals surface area (Å²) in [5.74, 6) is -0.714. The molecule has 7 heteroatoms.